The summed E-state index contributed by atoms with van der Waals surface area (Å²) >= 11 is 0. The summed E-state index contributed by atoms with van der Waals surface area (Å²) in [6.07, 6.45) is 3.08. The van der Waals surface area contributed by atoms with E-state index in [4.69, 9.17) is 10.6 Å². The maximum Gasteiger partial charge on any atom is 0.0462 e. The summed E-state index contributed by atoms with van der Waals surface area (Å²) in [6, 6.07) is 8.85. The van der Waals surface area contributed by atoms with E-state index in [9.17, 15) is 0 Å². The zero-order valence-corrected chi connectivity index (χ0v) is 10.2. The van der Waals surface area contributed by atoms with Gasteiger partial charge in [0.1, 0.15) is 0 Å². The van der Waals surface area contributed by atoms with Crippen LogP contribution in [0.2, 0.25) is 0 Å². The summed E-state index contributed by atoms with van der Waals surface area (Å²) in [5.74, 6) is 5.57. The van der Waals surface area contributed by atoms with Crippen LogP contribution < -0.4 is 11.3 Å². The van der Waals surface area contributed by atoms with Crippen LogP contribution in [0, 0.1) is 0 Å². The third-order valence-corrected chi connectivity index (χ3v) is 2.83. The SMILES string of the molecule is CCc1ccc(C(CCCOC)NN)cc1. The Morgan fingerprint density at radius 3 is 2.50 bits per heavy atom. The Morgan fingerprint density at radius 1 is 1.31 bits per heavy atom. The fraction of sp³-hybridized carbons (Fsp3) is 0.538. The number of ether oxygens (including phenoxy) is 1. The molecule has 0 spiro atoms. The van der Waals surface area contributed by atoms with Crippen LogP contribution in [0.5, 0.6) is 0 Å². The predicted molar refractivity (Wildman–Crippen MR) is 67.0 cm³/mol. The minimum atomic E-state index is 0.223. The van der Waals surface area contributed by atoms with Crippen molar-refractivity contribution in [2.45, 2.75) is 32.2 Å². The lowest BCUT2D eigenvalue weighted by molar-refractivity contribution is 0.189. The van der Waals surface area contributed by atoms with Crippen LogP contribution in [0.1, 0.15) is 36.9 Å². The maximum atomic E-state index is 5.57. The Bertz CT molecular complexity index is 284. The molecule has 0 aliphatic rings. The molecule has 90 valence electrons. The molecule has 0 radical (unpaired) electrons. The van der Waals surface area contributed by atoms with Gasteiger partial charge in [-0.15, -0.1) is 0 Å². The van der Waals surface area contributed by atoms with E-state index in [1.807, 2.05) is 0 Å². The second-order valence-corrected chi connectivity index (χ2v) is 3.95. The van der Waals surface area contributed by atoms with Crippen LogP contribution in [0.3, 0.4) is 0 Å². The topological polar surface area (TPSA) is 47.3 Å². The number of aryl methyl sites for hydroxylation is 1. The van der Waals surface area contributed by atoms with Crippen molar-refractivity contribution in [3.05, 3.63) is 35.4 Å². The largest absolute Gasteiger partial charge is 0.385 e. The standard InChI is InChI=1S/C13H22N2O/c1-3-11-6-8-12(9-7-11)13(15-14)5-4-10-16-2/h6-9,13,15H,3-5,10,14H2,1-2H3. The van der Waals surface area contributed by atoms with E-state index in [1.165, 1.54) is 11.1 Å². The number of nitrogens with two attached hydrogens (primary N) is 1. The van der Waals surface area contributed by atoms with E-state index < -0.39 is 0 Å². The molecule has 1 aromatic rings. The molecule has 1 atom stereocenters. The first-order chi connectivity index (χ1) is 7.81. The van der Waals surface area contributed by atoms with Gasteiger partial charge in [-0.25, -0.2) is 0 Å². The molecule has 16 heavy (non-hydrogen) atoms. The Morgan fingerprint density at radius 2 is 2.00 bits per heavy atom. The fourth-order valence-corrected chi connectivity index (χ4v) is 1.76. The molecule has 0 fully saturated rings. The summed E-state index contributed by atoms with van der Waals surface area (Å²) in [5, 5.41) is 0. The average Bonchev–Trinajstić information content (AvgIpc) is 2.35. The van der Waals surface area contributed by atoms with Gasteiger partial charge in [0, 0.05) is 19.8 Å². The van der Waals surface area contributed by atoms with Gasteiger partial charge in [0.05, 0.1) is 0 Å². The molecular weight excluding hydrogens is 200 g/mol. The molecule has 0 aliphatic carbocycles. The molecule has 3 nitrogen and oxygen atoms in total. The Hall–Kier alpha value is -0.900. The third kappa shape index (κ3) is 3.93. The van der Waals surface area contributed by atoms with Crippen LogP contribution in [0.15, 0.2) is 24.3 Å². The monoisotopic (exact) mass is 222 g/mol. The van der Waals surface area contributed by atoms with E-state index >= 15 is 0 Å². The fourth-order valence-electron chi connectivity index (χ4n) is 1.76. The van der Waals surface area contributed by atoms with Gasteiger partial charge in [0.15, 0.2) is 0 Å². The molecule has 0 saturated carbocycles. The van der Waals surface area contributed by atoms with Crippen LogP contribution in [0.4, 0.5) is 0 Å². The molecule has 1 aromatic carbocycles. The van der Waals surface area contributed by atoms with E-state index in [1.54, 1.807) is 7.11 Å². The second kappa shape index (κ2) is 7.39. The Kier molecular flexibility index (Phi) is 6.08. The molecule has 0 saturated heterocycles. The highest BCUT2D eigenvalue weighted by molar-refractivity contribution is 5.24. The summed E-state index contributed by atoms with van der Waals surface area (Å²) in [6.45, 7) is 2.94. The highest BCUT2D eigenvalue weighted by Crippen LogP contribution is 2.18. The molecule has 3 N–H and O–H groups in total. The van der Waals surface area contributed by atoms with Crippen molar-refractivity contribution in [2.75, 3.05) is 13.7 Å². The number of rotatable bonds is 7. The third-order valence-electron chi connectivity index (χ3n) is 2.83. The molecule has 1 rings (SSSR count). The van der Waals surface area contributed by atoms with E-state index in [0.29, 0.717) is 0 Å². The van der Waals surface area contributed by atoms with Gasteiger partial charge in [0.25, 0.3) is 0 Å². The lowest BCUT2D eigenvalue weighted by Gasteiger charge is -2.16. The van der Waals surface area contributed by atoms with Gasteiger partial charge in [-0.05, 0) is 30.4 Å². The molecule has 1 unspecified atom stereocenters. The number of hydrogen-bond donors (Lipinski definition) is 2. The van der Waals surface area contributed by atoms with Gasteiger partial charge < -0.3 is 4.74 Å². The summed E-state index contributed by atoms with van der Waals surface area (Å²) in [5.41, 5.74) is 5.46. The van der Waals surface area contributed by atoms with E-state index in [0.717, 1.165) is 25.9 Å². The van der Waals surface area contributed by atoms with Crippen molar-refractivity contribution >= 4 is 0 Å². The number of methoxy groups -OCH3 is 1. The number of nitrogens with one attached hydrogen (secondary N) is 1. The smallest absolute Gasteiger partial charge is 0.0462 e. The molecule has 0 aliphatic heterocycles. The Labute approximate surface area is 98.0 Å². The highest BCUT2D eigenvalue weighted by Gasteiger charge is 2.08. The molecular formula is C13H22N2O. The Balaban J connectivity index is 2.56. The summed E-state index contributed by atoms with van der Waals surface area (Å²) < 4.78 is 5.04. The van der Waals surface area contributed by atoms with Gasteiger partial charge in [-0.1, -0.05) is 31.2 Å². The normalized spacial score (nSPS) is 12.7. The minimum Gasteiger partial charge on any atom is -0.385 e. The predicted octanol–water partition coefficient (Wildman–Crippen LogP) is 2.18. The summed E-state index contributed by atoms with van der Waals surface area (Å²) in [7, 11) is 1.72. The van der Waals surface area contributed by atoms with Gasteiger partial charge in [-0.3, -0.25) is 11.3 Å². The van der Waals surface area contributed by atoms with Crippen LogP contribution in [-0.2, 0) is 11.2 Å². The minimum absolute atomic E-state index is 0.223. The first-order valence-corrected chi connectivity index (χ1v) is 5.85. The first kappa shape index (κ1) is 13.2. The molecule has 3 heteroatoms. The molecule has 0 aromatic heterocycles. The number of hydrogen-bond acceptors (Lipinski definition) is 3. The van der Waals surface area contributed by atoms with Gasteiger partial charge in [-0.2, -0.15) is 0 Å². The van der Waals surface area contributed by atoms with Crippen LogP contribution in [0.25, 0.3) is 0 Å². The van der Waals surface area contributed by atoms with Gasteiger partial charge >= 0.3 is 0 Å². The number of hydrazine groups is 1. The van der Waals surface area contributed by atoms with Crippen LogP contribution in [-0.4, -0.2) is 13.7 Å². The zero-order chi connectivity index (χ0) is 11.8. The molecule has 0 amide bonds. The van der Waals surface area contributed by atoms with Crippen LogP contribution >= 0.6 is 0 Å². The van der Waals surface area contributed by atoms with Crippen molar-refractivity contribution in [3.63, 3.8) is 0 Å². The van der Waals surface area contributed by atoms with Crippen molar-refractivity contribution in [3.8, 4) is 0 Å². The average molecular weight is 222 g/mol. The second-order valence-electron chi connectivity index (χ2n) is 3.95. The van der Waals surface area contributed by atoms with E-state index in [-0.39, 0.29) is 6.04 Å². The quantitative estimate of drug-likeness (QED) is 0.422. The van der Waals surface area contributed by atoms with Gasteiger partial charge in [0.2, 0.25) is 0 Å². The lowest BCUT2D eigenvalue weighted by atomic mass is 10.0. The molecule has 0 heterocycles. The number of benzene rings is 1. The summed E-state index contributed by atoms with van der Waals surface area (Å²) in [4.78, 5) is 0. The first-order valence-electron chi connectivity index (χ1n) is 5.85. The van der Waals surface area contributed by atoms with Crippen molar-refractivity contribution in [2.24, 2.45) is 5.84 Å². The van der Waals surface area contributed by atoms with Crippen molar-refractivity contribution < 1.29 is 4.74 Å². The van der Waals surface area contributed by atoms with E-state index in [2.05, 4.69) is 36.6 Å². The lowest BCUT2D eigenvalue weighted by Crippen LogP contribution is -2.28. The maximum absolute atomic E-state index is 5.57. The van der Waals surface area contributed by atoms with Crippen molar-refractivity contribution in [1.29, 1.82) is 0 Å². The molecule has 0 bridgehead atoms. The highest BCUT2D eigenvalue weighted by atomic mass is 16.5. The van der Waals surface area contributed by atoms with Crippen molar-refractivity contribution in [1.82, 2.24) is 5.43 Å². The zero-order valence-electron chi connectivity index (χ0n) is 10.2.